The highest BCUT2D eigenvalue weighted by Gasteiger charge is 2.16. The Kier molecular flexibility index (Phi) is 23.7. The van der Waals surface area contributed by atoms with E-state index in [9.17, 15) is 0 Å². The molecule has 0 aliphatic heterocycles. The molecule has 0 saturated heterocycles. The van der Waals surface area contributed by atoms with E-state index in [1.807, 2.05) is 6.92 Å². The van der Waals surface area contributed by atoms with Crippen LogP contribution in [0, 0.1) is 12.8 Å². The fourth-order valence-electron chi connectivity index (χ4n) is 3.99. The molecule has 2 rings (SSSR count). The molecule has 0 bridgehead atoms. The molecule has 1 aliphatic carbocycles. The van der Waals surface area contributed by atoms with Gasteiger partial charge in [0, 0.05) is 0 Å². The molecule has 0 nitrogen and oxygen atoms in total. The first-order chi connectivity index (χ1) is 14.4. The number of aryl methyl sites for hydroxylation is 1. The van der Waals surface area contributed by atoms with Crippen molar-refractivity contribution in [1.29, 1.82) is 0 Å². The number of thiocarbonyl (C=S) groups is 1. The maximum absolute atomic E-state index is 4.27. The molecule has 0 spiro atoms. The van der Waals surface area contributed by atoms with Crippen molar-refractivity contribution in [2.24, 2.45) is 5.92 Å². The summed E-state index contributed by atoms with van der Waals surface area (Å²) in [7, 11) is 0. The number of hydrogen-bond donors (Lipinski definition) is 0. The second kappa shape index (κ2) is 22.7. The van der Waals surface area contributed by atoms with Crippen LogP contribution in [0.4, 0.5) is 0 Å². The van der Waals surface area contributed by atoms with Gasteiger partial charge in [0.25, 0.3) is 0 Å². The molecule has 1 heteroatoms. The largest absolute Gasteiger partial charge is 0.100 e. The van der Waals surface area contributed by atoms with Crippen molar-refractivity contribution in [2.45, 2.75) is 125 Å². The van der Waals surface area contributed by atoms with Crippen molar-refractivity contribution in [3.05, 3.63) is 47.5 Å². The van der Waals surface area contributed by atoms with Crippen molar-refractivity contribution in [2.75, 3.05) is 0 Å². The molecule has 1 aromatic rings. The summed E-state index contributed by atoms with van der Waals surface area (Å²) in [4.78, 5) is 0. The lowest BCUT2D eigenvalue weighted by molar-refractivity contribution is 0.442. The van der Waals surface area contributed by atoms with Crippen LogP contribution < -0.4 is 0 Å². The van der Waals surface area contributed by atoms with E-state index in [0.29, 0.717) is 0 Å². The third kappa shape index (κ3) is 17.9. The first-order valence-electron chi connectivity index (χ1n) is 12.5. The summed E-state index contributed by atoms with van der Waals surface area (Å²) in [6.07, 6.45) is 15.0. The van der Waals surface area contributed by atoms with Gasteiger partial charge in [-0.25, -0.2) is 0 Å². The molecule has 174 valence electrons. The molecule has 0 atom stereocenters. The van der Waals surface area contributed by atoms with Gasteiger partial charge in [-0.3, -0.25) is 0 Å². The summed E-state index contributed by atoms with van der Waals surface area (Å²) in [6.45, 7) is 18.8. The van der Waals surface area contributed by atoms with Crippen molar-refractivity contribution < 1.29 is 0 Å². The Morgan fingerprint density at radius 1 is 1.03 bits per heavy atom. The molecule has 1 fully saturated rings. The Morgan fingerprint density at radius 3 is 1.90 bits per heavy atom. The van der Waals surface area contributed by atoms with Gasteiger partial charge in [-0.2, -0.15) is 0 Å². The minimum absolute atomic E-state index is 0.856. The van der Waals surface area contributed by atoms with Gasteiger partial charge in [-0.1, -0.05) is 121 Å². The standard InChI is InChI=1S/C13H18.C8H18.C6H12.C2H4S/c1-11-7-5-6-10-13(11)12-8-3-2-4-9-12;1-4-7-8(5-2)6-3;1-4-5-6(2)3;1-2-3/h5-7,10,12H,2-4,8-9H2,1H3;8H,4-7H2,1-3H3;2,4-5H2,1,3H3;2H,1H3. The topological polar surface area (TPSA) is 0 Å². The molecule has 1 aromatic carbocycles. The van der Waals surface area contributed by atoms with Crippen LogP contribution in [0.25, 0.3) is 0 Å². The summed E-state index contributed by atoms with van der Waals surface area (Å²) in [5.41, 5.74) is 4.37. The second-order valence-electron chi connectivity index (χ2n) is 8.61. The first kappa shape index (κ1) is 31.2. The van der Waals surface area contributed by atoms with Crippen LogP contribution in [0.5, 0.6) is 0 Å². The summed E-state index contributed by atoms with van der Waals surface area (Å²) in [5, 5.41) is 1.58. The van der Waals surface area contributed by atoms with Gasteiger partial charge in [-0.05, 0) is 68.4 Å². The van der Waals surface area contributed by atoms with E-state index in [1.165, 1.54) is 81.8 Å². The smallest absolute Gasteiger partial charge is 0.0159 e. The van der Waals surface area contributed by atoms with Gasteiger partial charge >= 0.3 is 0 Å². The summed E-state index contributed by atoms with van der Waals surface area (Å²) >= 11 is 4.27. The van der Waals surface area contributed by atoms with E-state index in [-0.39, 0.29) is 0 Å². The SMILES string of the molecule is C=C(C)CCC.CC=S.CCCC(CC)CC.Cc1ccccc1C1CCCCC1. The normalized spacial score (nSPS) is 13.1. The fourth-order valence-corrected chi connectivity index (χ4v) is 3.99. The van der Waals surface area contributed by atoms with Gasteiger partial charge in [0.15, 0.2) is 0 Å². The first-order valence-corrected chi connectivity index (χ1v) is 13.0. The lowest BCUT2D eigenvalue weighted by Crippen LogP contribution is -2.05. The molecule has 0 heterocycles. The fraction of sp³-hybridized carbons (Fsp3) is 0.690. The zero-order chi connectivity index (χ0) is 23.2. The average Bonchev–Trinajstić information content (AvgIpc) is 2.74. The molecular formula is C29H52S. The van der Waals surface area contributed by atoms with E-state index in [0.717, 1.165) is 11.8 Å². The predicted molar refractivity (Wildman–Crippen MR) is 145 cm³/mol. The molecular weight excluding hydrogens is 380 g/mol. The zero-order valence-corrected chi connectivity index (χ0v) is 22.3. The third-order valence-electron chi connectivity index (χ3n) is 5.76. The molecule has 0 amide bonds. The van der Waals surface area contributed by atoms with Gasteiger partial charge in [0.05, 0.1) is 0 Å². The second-order valence-corrected chi connectivity index (χ2v) is 9.08. The Labute approximate surface area is 196 Å². The maximum atomic E-state index is 4.27. The maximum Gasteiger partial charge on any atom is -0.0159 e. The Bertz CT molecular complexity index is 507. The highest BCUT2D eigenvalue weighted by Crippen LogP contribution is 2.33. The number of benzene rings is 1. The van der Waals surface area contributed by atoms with Crippen LogP contribution in [0.2, 0.25) is 0 Å². The summed E-state index contributed by atoms with van der Waals surface area (Å²) in [5.74, 6) is 1.86. The van der Waals surface area contributed by atoms with Crippen molar-refractivity contribution in [1.82, 2.24) is 0 Å². The Balaban J connectivity index is 0. The van der Waals surface area contributed by atoms with Crippen LogP contribution >= 0.6 is 12.2 Å². The molecule has 0 radical (unpaired) electrons. The van der Waals surface area contributed by atoms with E-state index in [4.69, 9.17) is 0 Å². The third-order valence-corrected chi connectivity index (χ3v) is 5.76. The van der Waals surface area contributed by atoms with Gasteiger partial charge < -0.3 is 0 Å². The van der Waals surface area contributed by atoms with Gasteiger partial charge in [-0.15, -0.1) is 6.58 Å². The summed E-state index contributed by atoms with van der Waals surface area (Å²) in [6, 6.07) is 8.87. The highest BCUT2D eigenvalue weighted by atomic mass is 32.1. The lowest BCUT2D eigenvalue weighted by Gasteiger charge is -2.23. The number of allylic oxidation sites excluding steroid dienone is 1. The van der Waals surface area contributed by atoms with Crippen LogP contribution in [0.3, 0.4) is 0 Å². The average molecular weight is 433 g/mol. The Hall–Kier alpha value is -0.950. The van der Waals surface area contributed by atoms with Crippen LogP contribution in [-0.2, 0) is 0 Å². The molecule has 1 saturated carbocycles. The summed E-state index contributed by atoms with van der Waals surface area (Å²) < 4.78 is 0. The Morgan fingerprint density at radius 2 is 1.57 bits per heavy atom. The van der Waals surface area contributed by atoms with Gasteiger partial charge in [0.1, 0.15) is 0 Å². The molecule has 0 unspecified atom stereocenters. The minimum Gasteiger partial charge on any atom is -0.100 e. The monoisotopic (exact) mass is 432 g/mol. The van der Waals surface area contributed by atoms with E-state index >= 15 is 0 Å². The van der Waals surface area contributed by atoms with E-state index in [2.05, 4.69) is 84.6 Å². The van der Waals surface area contributed by atoms with Crippen LogP contribution in [0.15, 0.2) is 36.4 Å². The molecule has 1 aliphatic rings. The van der Waals surface area contributed by atoms with E-state index < -0.39 is 0 Å². The number of rotatable bonds is 7. The molecule has 0 aromatic heterocycles. The predicted octanol–water partition coefficient (Wildman–Crippen LogP) is 10.6. The molecule has 0 N–H and O–H groups in total. The van der Waals surface area contributed by atoms with Crippen molar-refractivity contribution in [3.63, 3.8) is 0 Å². The highest BCUT2D eigenvalue weighted by molar-refractivity contribution is 7.78. The van der Waals surface area contributed by atoms with Crippen LogP contribution in [0.1, 0.15) is 129 Å². The van der Waals surface area contributed by atoms with Crippen molar-refractivity contribution >= 4 is 17.6 Å². The minimum atomic E-state index is 0.856. The van der Waals surface area contributed by atoms with Gasteiger partial charge in [0.2, 0.25) is 0 Å². The number of hydrogen-bond acceptors (Lipinski definition) is 1. The van der Waals surface area contributed by atoms with Crippen LogP contribution in [-0.4, -0.2) is 5.37 Å². The van der Waals surface area contributed by atoms with Crippen molar-refractivity contribution in [3.8, 4) is 0 Å². The zero-order valence-electron chi connectivity index (χ0n) is 21.4. The van der Waals surface area contributed by atoms with E-state index in [1.54, 1.807) is 10.9 Å². The molecule has 30 heavy (non-hydrogen) atoms. The lowest BCUT2D eigenvalue weighted by atomic mass is 9.82. The quantitative estimate of drug-likeness (QED) is 0.305.